The molecule has 1 aromatic carbocycles. The van der Waals surface area contributed by atoms with Crippen LogP contribution in [0.25, 0.3) is 0 Å². The Morgan fingerprint density at radius 2 is 1.85 bits per heavy atom. The van der Waals surface area contributed by atoms with Gasteiger partial charge in [-0.2, -0.15) is 13.2 Å². The molecule has 0 radical (unpaired) electrons. The van der Waals surface area contributed by atoms with Crippen LogP contribution in [0.5, 0.6) is 0 Å². The van der Waals surface area contributed by atoms with Crippen LogP contribution in [0.1, 0.15) is 31.2 Å². The molecule has 2 rings (SSSR count). The highest BCUT2D eigenvalue weighted by atomic mass is 32.1. The Balaban J connectivity index is 2.06. The van der Waals surface area contributed by atoms with Crippen molar-refractivity contribution in [3.8, 4) is 0 Å². The first-order valence-corrected chi connectivity index (χ1v) is 6.71. The number of rotatable bonds is 2. The van der Waals surface area contributed by atoms with Crippen LogP contribution in [0, 0.1) is 5.82 Å². The van der Waals surface area contributed by atoms with Crippen molar-refractivity contribution in [3.05, 3.63) is 29.6 Å². The van der Waals surface area contributed by atoms with Crippen molar-refractivity contribution in [1.29, 1.82) is 0 Å². The molecule has 2 nitrogen and oxygen atoms in total. The predicted molar refractivity (Wildman–Crippen MR) is 73.0 cm³/mol. The molecule has 1 saturated carbocycles. The number of anilines is 1. The highest BCUT2D eigenvalue weighted by molar-refractivity contribution is 7.80. The van der Waals surface area contributed by atoms with Crippen molar-refractivity contribution in [2.24, 2.45) is 0 Å². The molecule has 0 amide bonds. The fourth-order valence-electron chi connectivity index (χ4n) is 2.21. The van der Waals surface area contributed by atoms with E-state index in [2.05, 4.69) is 10.6 Å². The SMILES string of the molecule is Fc1ccc(C(F)(F)F)cc1NC(=S)NC1CCCC1. The Labute approximate surface area is 119 Å². The molecule has 0 spiro atoms. The van der Waals surface area contributed by atoms with E-state index in [0.717, 1.165) is 37.8 Å². The summed E-state index contributed by atoms with van der Waals surface area (Å²) in [5.41, 5.74) is -1.18. The van der Waals surface area contributed by atoms with Crippen molar-refractivity contribution in [3.63, 3.8) is 0 Å². The van der Waals surface area contributed by atoms with Crippen LogP contribution in [0.3, 0.4) is 0 Å². The second-order valence-electron chi connectivity index (χ2n) is 4.77. The van der Waals surface area contributed by atoms with Gasteiger partial charge in [0.1, 0.15) is 5.82 Å². The van der Waals surface area contributed by atoms with Gasteiger partial charge in [-0.15, -0.1) is 0 Å². The Morgan fingerprint density at radius 1 is 1.20 bits per heavy atom. The van der Waals surface area contributed by atoms with E-state index >= 15 is 0 Å². The minimum absolute atomic E-state index is 0.148. The second-order valence-corrected chi connectivity index (χ2v) is 5.18. The van der Waals surface area contributed by atoms with E-state index in [1.54, 1.807) is 0 Å². The smallest absolute Gasteiger partial charge is 0.360 e. The third-order valence-electron chi connectivity index (χ3n) is 3.23. The minimum Gasteiger partial charge on any atom is -0.360 e. The molecule has 0 atom stereocenters. The lowest BCUT2D eigenvalue weighted by molar-refractivity contribution is -0.137. The van der Waals surface area contributed by atoms with Gasteiger partial charge in [-0.05, 0) is 43.3 Å². The number of halogens is 4. The summed E-state index contributed by atoms with van der Waals surface area (Å²) in [6, 6.07) is 2.42. The summed E-state index contributed by atoms with van der Waals surface area (Å²) in [6.45, 7) is 0. The quantitative estimate of drug-likeness (QED) is 0.636. The molecule has 0 saturated heterocycles. The third-order valence-corrected chi connectivity index (χ3v) is 3.45. The summed E-state index contributed by atoms with van der Waals surface area (Å²) in [4.78, 5) is 0. The molecule has 2 N–H and O–H groups in total. The number of hydrogen-bond donors (Lipinski definition) is 2. The lowest BCUT2D eigenvalue weighted by atomic mass is 10.2. The van der Waals surface area contributed by atoms with Gasteiger partial charge >= 0.3 is 6.18 Å². The van der Waals surface area contributed by atoms with Gasteiger partial charge in [0.25, 0.3) is 0 Å². The molecular weight excluding hydrogens is 292 g/mol. The van der Waals surface area contributed by atoms with E-state index in [-0.39, 0.29) is 16.8 Å². The first-order chi connectivity index (χ1) is 9.36. The van der Waals surface area contributed by atoms with Crippen molar-refractivity contribution in [1.82, 2.24) is 5.32 Å². The van der Waals surface area contributed by atoms with Crippen molar-refractivity contribution >= 4 is 23.0 Å². The van der Waals surface area contributed by atoms with Crippen LogP contribution in [-0.2, 0) is 6.18 Å². The van der Waals surface area contributed by atoms with E-state index in [1.807, 2.05) is 0 Å². The summed E-state index contributed by atoms with van der Waals surface area (Å²) in [6.07, 6.45) is -0.388. The van der Waals surface area contributed by atoms with Gasteiger partial charge in [0, 0.05) is 6.04 Å². The molecule has 110 valence electrons. The van der Waals surface area contributed by atoms with Gasteiger partial charge in [-0.25, -0.2) is 4.39 Å². The number of benzene rings is 1. The van der Waals surface area contributed by atoms with Gasteiger partial charge in [-0.3, -0.25) is 0 Å². The third kappa shape index (κ3) is 3.82. The van der Waals surface area contributed by atoms with Gasteiger partial charge in [0.05, 0.1) is 11.3 Å². The van der Waals surface area contributed by atoms with Gasteiger partial charge < -0.3 is 10.6 Å². The molecule has 7 heteroatoms. The highest BCUT2D eigenvalue weighted by Crippen LogP contribution is 2.31. The van der Waals surface area contributed by atoms with Crippen LogP contribution in [-0.4, -0.2) is 11.2 Å². The van der Waals surface area contributed by atoms with Gasteiger partial charge in [0.15, 0.2) is 5.11 Å². The molecule has 1 fully saturated rings. The van der Waals surface area contributed by atoms with Crippen LogP contribution in [0.15, 0.2) is 18.2 Å². The Bertz CT molecular complexity index is 496. The van der Waals surface area contributed by atoms with Crippen LogP contribution in [0.2, 0.25) is 0 Å². The van der Waals surface area contributed by atoms with E-state index < -0.39 is 17.6 Å². The topological polar surface area (TPSA) is 24.1 Å². The average molecular weight is 306 g/mol. The fraction of sp³-hybridized carbons (Fsp3) is 0.462. The van der Waals surface area contributed by atoms with E-state index in [4.69, 9.17) is 12.2 Å². The van der Waals surface area contributed by atoms with Crippen LogP contribution >= 0.6 is 12.2 Å². The Morgan fingerprint density at radius 3 is 2.45 bits per heavy atom. The number of hydrogen-bond acceptors (Lipinski definition) is 1. The fourth-order valence-corrected chi connectivity index (χ4v) is 2.49. The molecule has 0 aliphatic heterocycles. The zero-order valence-electron chi connectivity index (χ0n) is 10.6. The maximum Gasteiger partial charge on any atom is 0.416 e. The summed E-state index contributed by atoms with van der Waals surface area (Å²) < 4.78 is 51.2. The van der Waals surface area contributed by atoms with E-state index in [0.29, 0.717) is 6.07 Å². The summed E-state index contributed by atoms with van der Waals surface area (Å²) in [5.74, 6) is -0.770. The number of nitrogens with one attached hydrogen (secondary N) is 2. The standard InChI is InChI=1S/C13H14F4N2S/c14-10-6-5-8(13(15,16)17)7-11(10)19-12(20)18-9-3-1-2-4-9/h5-7,9H,1-4H2,(H2,18,19,20). The van der Waals surface area contributed by atoms with Crippen molar-refractivity contribution in [2.45, 2.75) is 37.9 Å². The monoisotopic (exact) mass is 306 g/mol. The Kier molecular flexibility index (Phi) is 4.47. The predicted octanol–water partition coefficient (Wildman–Crippen LogP) is 4.07. The molecule has 1 aliphatic carbocycles. The first kappa shape index (κ1) is 15.0. The van der Waals surface area contributed by atoms with Gasteiger partial charge in [-0.1, -0.05) is 12.8 Å². The average Bonchev–Trinajstić information content (AvgIpc) is 2.83. The highest BCUT2D eigenvalue weighted by Gasteiger charge is 2.31. The molecule has 1 aromatic rings. The summed E-state index contributed by atoms with van der Waals surface area (Å²) in [5, 5.41) is 5.63. The zero-order valence-corrected chi connectivity index (χ0v) is 11.4. The molecular formula is C13H14F4N2S. The van der Waals surface area contributed by atoms with Gasteiger partial charge in [0.2, 0.25) is 0 Å². The van der Waals surface area contributed by atoms with Crippen LogP contribution < -0.4 is 10.6 Å². The molecule has 1 aliphatic rings. The molecule has 0 unspecified atom stereocenters. The van der Waals surface area contributed by atoms with E-state index in [9.17, 15) is 17.6 Å². The van der Waals surface area contributed by atoms with Crippen molar-refractivity contribution < 1.29 is 17.6 Å². The van der Waals surface area contributed by atoms with Crippen molar-refractivity contribution in [2.75, 3.05) is 5.32 Å². The van der Waals surface area contributed by atoms with E-state index in [1.165, 1.54) is 0 Å². The second kappa shape index (κ2) is 5.95. The zero-order chi connectivity index (χ0) is 14.8. The largest absolute Gasteiger partial charge is 0.416 e. The maximum absolute atomic E-state index is 13.5. The number of alkyl halides is 3. The lowest BCUT2D eigenvalue weighted by Crippen LogP contribution is -2.36. The first-order valence-electron chi connectivity index (χ1n) is 6.30. The summed E-state index contributed by atoms with van der Waals surface area (Å²) >= 11 is 5.00. The molecule has 0 aromatic heterocycles. The lowest BCUT2D eigenvalue weighted by Gasteiger charge is -2.17. The molecule has 20 heavy (non-hydrogen) atoms. The van der Waals surface area contributed by atoms with Crippen LogP contribution in [0.4, 0.5) is 23.2 Å². The summed E-state index contributed by atoms with van der Waals surface area (Å²) in [7, 11) is 0. The molecule has 0 heterocycles. The Hall–Kier alpha value is -1.37. The normalized spacial score (nSPS) is 16.2. The molecule has 0 bridgehead atoms. The minimum atomic E-state index is -4.51. The maximum atomic E-state index is 13.5. The number of thiocarbonyl (C=S) groups is 1.